The van der Waals surface area contributed by atoms with Gasteiger partial charge in [-0.05, 0) is 25.0 Å². The van der Waals surface area contributed by atoms with Crippen LogP contribution in [-0.2, 0) is 9.59 Å². The zero-order valence-corrected chi connectivity index (χ0v) is 15.8. The number of amides is 2. The van der Waals surface area contributed by atoms with Crippen molar-refractivity contribution < 1.29 is 18.7 Å². The minimum atomic E-state index is -0.977. The van der Waals surface area contributed by atoms with Gasteiger partial charge in [-0.2, -0.15) is 0 Å². The van der Waals surface area contributed by atoms with E-state index in [9.17, 15) is 14.0 Å². The largest absolute Gasteiger partial charge is 0.478 e. The van der Waals surface area contributed by atoms with Gasteiger partial charge in [0.25, 0.3) is 11.8 Å². The fourth-order valence-corrected chi connectivity index (χ4v) is 3.50. The molecular weight excluding hydrogens is 395 g/mol. The van der Waals surface area contributed by atoms with Crippen molar-refractivity contribution in [3.05, 3.63) is 30.1 Å². The molecule has 0 radical (unpaired) electrons. The van der Waals surface area contributed by atoms with Gasteiger partial charge in [-0.3, -0.25) is 25.9 Å². The van der Waals surface area contributed by atoms with Crippen LogP contribution in [-0.4, -0.2) is 34.8 Å². The number of rotatable bonds is 5. The standard InChI is InChI=1S/C16H22BrFN4O3/c1-8(2)13-12(17)14(20-19-13)16(24)22-21-15(23)9(3)25-11-7-5-4-6-10(11)18/h4-9,12-14,19-20H,1-3H3,(H,21,23)(H,22,24). The summed E-state index contributed by atoms with van der Waals surface area (Å²) in [7, 11) is 0. The maximum atomic E-state index is 13.5. The first-order valence-electron chi connectivity index (χ1n) is 7.97. The van der Waals surface area contributed by atoms with Gasteiger partial charge in [0.05, 0.1) is 4.83 Å². The molecule has 7 nitrogen and oxygen atoms in total. The SMILES string of the molecule is CC(Oc1ccccc1F)C(=O)NNC(=O)C1NNC(C(C)C)C1Br. The lowest BCUT2D eigenvalue weighted by Crippen LogP contribution is -2.54. The molecule has 0 saturated carbocycles. The Morgan fingerprint density at radius 1 is 1.20 bits per heavy atom. The van der Waals surface area contributed by atoms with Gasteiger partial charge in [0.1, 0.15) is 6.04 Å². The highest BCUT2D eigenvalue weighted by molar-refractivity contribution is 9.09. The number of carbonyl (C=O) groups excluding carboxylic acids is 2. The molecule has 0 aliphatic carbocycles. The number of para-hydroxylation sites is 1. The molecule has 4 unspecified atom stereocenters. The lowest BCUT2D eigenvalue weighted by molar-refractivity contribution is -0.133. The summed E-state index contributed by atoms with van der Waals surface area (Å²) in [5, 5.41) is 0. The van der Waals surface area contributed by atoms with E-state index in [4.69, 9.17) is 4.74 Å². The van der Waals surface area contributed by atoms with Gasteiger partial charge in [0.2, 0.25) is 0 Å². The van der Waals surface area contributed by atoms with E-state index >= 15 is 0 Å². The third-order valence-electron chi connectivity index (χ3n) is 3.89. The summed E-state index contributed by atoms with van der Waals surface area (Å²) in [6.07, 6.45) is -0.977. The molecule has 2 amide bonds. The van der Waals surface area contributed by atoms with Gasteiger partial charge >= 0.3 is 0 Å². The topological polar surface area (TPSA) is 91.5 Å². The van der Waals surface area contributed by atoms with Crippen LogP contribution in [0.2, 0.25) is 0 Å². The zero-order valence-electron chi connectivity index (χ0n) is 14.2. The van der Waals surface area contributed by atoms with Crippen LogP contribution in [0, 0.1) is 11.7 Å². The Morgan fingerprint density at radius 2 is 1.88 bits per heavy atom. The van der Waals surface area contributed by atoms with E-state index in [0.717, 1.165) is 0 Å². The van der Waals surface area contributed by atoms with Crippen LogP contribution in [0.4, 0.5) is 4.39 Å². The van der Waals surface area contributed by atoms with Crippen LogP contribution >= 0.6 is 15.9 Å². The highest BCUT2D eigenvalue weighted by atomic mass is 79.9. The highest BCUT2D eigenvalue weighted by Gasteiger charge is 2.39. The van der Waals surface area contributed by atoms with E-state index in [1.54, 1.807) is 6.07 Å². The van der Waals surface area contributed by atoms with Gasteiger partial charge < -0.3 is 4.74 Å². The average Bonchev–Trinajstić information content (AvgIpc) is 2.96. The van der Waals surface area contributed by atoms with Crippen molar-refractivity contribution in [2.45, 2.75) is 43.8 Å². The molecule has 1 aromatic carbocycles. The minimum absolute atomic E-state index is 0.0292. The number of alkyl halides is 1. The molecule has 9 heteroatoms. The van der Waals surface area contributed by atoms with Crippen molar-refractivity contribution in [1.82, 2.24) is 21.7 Å². The van der Waals surface area contributed by atoms with Crippen molar-refractivity contribution in [1.29, 1.82) is 0 Å². The molecule has 25 heavy (non-hydrogen) atoms. The fourth-order valence-electron chi connectivity index (χ4n) is 2.38. The first-order chi connectivity index (χ1) is 11.8. The van der Waals surface area contributed by atoms with E-state index in [-0.39, 0.29) is 16.6 Å². The Bertz CT molecular complexity index is 631. The predicted molar refractivity (Wildman–Crippen MR) is 94.2 cm³/mol. The van der Waals surface area contributed by atoms with Crippen molar-refractivity contribution in [2.75, 3.05) is 0 Å². The molecule has 1 aliphatic heterocycles. The Morgan fingerprint density at radius 3 is 2.48 bits per heavy atom. The molecule has 2 rings (SSSR count). The third kappa shape index (κ3) is 4.90. The second kappa shape index (κ2) is 8.59. The van der Waals surface area contributed by atoms with Crippen LogP contribution in [0.25, 0.3) is 0 Å². The van der Waals surface area contributed by atoms with E-state index < -0.39 is 29.8 Å². The van der Waals surface area contributed by atoms with E-state index in [1.807, 2.05) is 13.8 Å². The molecule has 4 N–H and O–H groups in total. The number of benzene rings is 1. The highest BCUT2D eigenvalue weighted by Crippen LogP contribution is 2.21. The maximum absolute atomic E-state index is 13.5. The molecule has 0 bridgehead atoms. The number of nitrogens with one attached hydrogen (secondary N) is 4. The first kappa shape index (κ1) is 19.6. The van der Waals surface area contributed by atoms with Crippen LogP contribution < -0.4 is 26.4 Å². The monoisotopic (exact) mass is 416 g/mol. The number of ether oxygens (including phenoxy) is 1. The lowest BCUT2D eigenvalue weighted by Gasteiger charge is -2.20. The Labute approximate surface area is 154 Å². The van der Waals surface area contributed by atoms with Crippen LogP contribution in [0.15, 0.2) is 24.3 Å². The number of hydrogen-bond donors (Lipinski definition) is 4. The summed E-state index contributed by atoms with van der Waals surface area (Å²) in [6.45, 7) is 5.54. The summed E-state index contributed by atoms with van der Waals surface area (Å²) in [4.78, 5) is 24.1. The lowest BCUT2D eigenvalue weighted by atomic mass is 9.99. The smallest absolute Gasteiger partial charge is 0.279 e. The van der Waals surface area contributed by atoms with Crippen molar-refractivity contribution in [3.8, 4) is 5.75 Å². The van der Waals surface area contributed by atoms with Crippen LogP contribution in [0.1, 0.15) is 20.8 Å². The maximum Gasteiger partial charge on any atom is 0.279 e. The Hall–Kier alpha value is -1.71. The van der Waals surface area contributed by atoms with Gasteiger partial charge in [0, 0.05) is 6.04 Å². The minimum Gasteiger partial charge on any atom is -0.478 e. The third-order valence-corrected chi connectivity index (χ3v) is 4.98. The van der Waals surface area contributed by atoms with E-state index in [0.29, 0.717) is 5.92 Å². The first-order valence-corrected chi connectivity index (χ1v) is 8.89. The Balaban J connectivity index is 1.83. The van der Waals surface area contributed by atoms with Crippen molar-refractivity contribution in [3.63, 3.8) is 0 Å². The summed E-state index contributed by atoms with van der Waals surface area (Å²) >= 11 is 3.50. The molecular formula is C16H22BrFN4O3. The summed E-state index contributed by atoms with van der Waals surface area (Å²) in [6, 6.07) is 5.32. The molecule has 4 atom stereocenters. The van der Waals surface area contributed by atoms with Gasteiger partial charge in [-0.1, -0.05) is 41.9 Å². The summed E-state index contributed by atoms with van der Waals surface area (Å²) < 4.78 is 18.8. The molecule has 0 spiro atoms. The van der Waals surface area contributed by atoms with Gasteiger partial charge in [0.15, 0.2) is 17.7 Å². The second-order valence-electron chi connectivity index (χ2n) is 6.15. The molecule has 1 saturated heterocycles. The average molecular weight is 417 g/mol. The normalized spacial score (nSPS) is 24.0. The van der Waals surface area contributed by atoms with E-state index in [1.165, 1.54) is 25.1 Å². The number of halogens is 2. The number of carbonyl (C=O) groups is 2. The number of hydrogen-bond acceptors (Lipinski definition) is 5. The van der Waals surface area contributed by atoms with Gasteiger partial charge in [-0.15, -0.1) is 0 Å². The molecule has 1 aliphatic rings. The van der Waals surface area contributed by atoms with Crippen molar-refractivity contribution in [2.24, 2.45) is 5.92 Å². The second-order valence-corrected chi connectivity index (χ2v) is 7.21. The summed E-state index contributed by atoms with van der Waals surface area (Å²) in [5.74, 6) is -1.26. The van der Waals surface area contributed by atoms with Crippen LogP contribution in [0.3, 0.4) is 0 Å². The molecule has 1 heterocycles. The van der Waals surface area contributed by atoms with E-state index in [2.05, 4.69) is 37.6 Å². The molecule has 138 valence electrons. The van der Waals surface area contributed by atoms with Gasteiger partial charge in [-0.25, -0.2) is 9.82 Å². The fraction of sp³-hybridized carbons (Fsp3) is 0.500. The number of hydrazine groups is 2. The summed E-state index contributed by atoms with van der Waals surface area (Å²) in [5.41, 5.74) is 10.6. The predicted octanol–water partition coefficient (Wildman–Crippen LogP) is 1.00. The quantitative estimate of drug-likeness (QED) is 0.424. The molecule has 0 aromatic heterocycles. The zero-order chi connectivity index (χ0) is 18.6. The molecule has 1 fully saturated rings. The molecule has 1 aromatic rings. The Kier molecular flexibility index (Phi) is 6.74. The van der Waals surface area contributed by atoms with Crippen LogP contribution in [0.5, 0.6) is 5.75 Å². The van der Waals surface area contributed by atoms with Crippen molar-refractivity contribution >= 4 is 27.7 Å².